The Bertz CT molecular complexity index is 658. The van der Waals surface area contributed by atoms with Gasteiger partial charge in [0.2, 0.25) is 0 Å². The second-order valence-electron chi connectivity index (χ2n) is 5.09. The van der Waals surface area contributed by atoms with Gasteiger partial charge in [0.15, 0.2) is 4.77 Å². The molecule has 0 saturated heterocycles. The predicted molar refractivity (Wildman–Crippen MR) is 76.0 cm³/mol. The molecule has 1 heterocycles. The van der Waals surface area contributed by atoms with Crippen molar-refractivity contribution in [1.82, 2.24) is 9.55 Å². The Morgan fingerprint density at radius 3 is 2.72 bits per heavy atom. The molecule has 1 aromatic heterocycles. The molecule has 4 heteroatoms. The zero-order chi connectivity index (χ0) is 13.3. The van der Waals surface area contributed by atoms with Gasteiger partial charge in [-0.1, -0.05) is 19.9 Å². The van der Waals surface area contributed by atoms with Gasteiger partial charge in [0.25, 0.3) is 0 Å². The van der Waals surface area contributed by atoms with Gasteiger partial charge < -0.3 is 9.55 Å². The maximum absolute atomic E-state index is 9.11. The third kappa shape index (κ3) is 2.19. The van der Waals surface area contributed by atoms with E-state index in [4.69, 9.17) is 17.5 Å². The van der Waals surface area contributed by atoms with E-state index < -0.39 is 0 Å². The first-order valence-corrected chi connectivity index (χ1v) is 6.58. The van der Waals surface area contributed by atoms with Gasteiger partial charge in [-0.05, 0) is 43.6 Å². The summed E-state index contributed by atoms with van der Waals surface area (Å²) in [6.45, 7) is 6.58. The summed E-state index contributed by atoms with van der Waals surface area (Å²) in [5.41, 5.74) is 2.52. The number of nitriles is 1. The zero-order valence-corrected chi connectivity index (χ0v) is 11.7. The molecule has 0 aliphatic rings. The van der Waals surface area contributed by atoms with Crippen molar-refractivity contribution in [2.75, 3.05) is 0 Å². The molecule has 18 heavy (non-hydrogen) atoms. The number of rotatable bonds is 3. The van der Waals surface area contributed by atoms with Gasteiger partial charge in [-0.3, -0.25) is 0 Å². The maximum Gasteiger partial charge on any atom is 0.178 e. The van der Waals surface area contributed by atoms with Crippen molar-refractivity contribution < 1.29 is 0 Å². The van der Waals surface area contributed by atoms with Crippen LogP contribution in [0.2, 0.25) is 0 Å². The highest BCUT2D eigenvalue weighted by molar-refractivity contribution is 7.71. The monoisotopic (exact) mass is 259 g/mol. The van der Waals surface area contributed by atoms with E-state index in [2.05, 4.69) is 36.4 Å². The molecule has 0 fully saturated rings. The average molecular weight is 259 g/mol. The van der Waals surface area contributed by atoms with E-state index in [9.17, 15) is 0 Å². The van der Waals surface area contributed by atoms with E-state index in [0.717, 1.165) is 17.5 Å². The highest BCUT2D eigenvalue weighted by Gasteiger charge is 2.14. The lowest BCUT2D eigenvalue weighted by Gasteiger charge is -2.16. The fourth-order valence-corrected chi connectivity index (χ4v) is 2.85. The minimum Gasteiger partial charge on any atom is -0.329 e. The van der Waals surface area contributed by atoms with Gasteiger partial charge in [0.1, 0.15) is 6.07 Å². The SMILES string of the molecule is CC(C)CC(C)n1c(=S)[nH]c2c(C#N)cccc21. The minimum atomic E-state index is 0.334. The summed E-state index contributed by atoms with van der Waals surface area (Å²) in [5.74, 6) is 0.617. The van der Waals surface area contributed by atoms with Crippen molar-refractivity contribution >= 4 is 23.3 Å². The van der Waals surface area contributed by atoms with Crippen LogP contribution in [0.3, 0.4) is 0 Å². The van der Waals surface area contributed by atoms with Gasteiger partial charge in [-0.2, -0.15) is 5.26 Å². The van der Waals surface area contributed by atoms with Crippen LogP contribution in [0.15, 0.2) is 18.2 Å². The number of fused-ring (bicyclic) bond motifs is 1. The second-order valence-corrected chi connectivity index (χ2v) is 5.48. The molecule has 1 atom stereocenters. The number of H-pyrrole nitrogens is 1. The van der Waals surface area contributed by atoms with Crippen LogP contribution in [0.1, 0.15) is 38.8 Å². The highest BCUT2D eigenvalue weighted by atomic mass is 32.1. The van der Waals surface area contributed by atoms with Crippen molar-refractivity contribution in [3.05, 3.63) is 28.5 Å². The van der Waals surface area contributed by atoms with E-state index in [1.807, 2.05) is 18.2 Å². The molecular formula is C14H17N3S. The molecular weight excluding hydrogens is 242 g/mol. The summed E-state index contributed by atoms with van der Waals surface area (Å²) < 4.78 is 2.81. The number of benzene rings is 1. The molecule has 2 rings (SSSR count). The van der Waals surface area contributed by atoms with Crippen molar-refractivity contribution in [2.24, 2.45) is 5.92 Å². The largest absolute Gasteiger partial charge is 0.329 e. The van der Waals surface area contributed by atoms with Crippen LogP contribution >= 0.6 is 12.2 Å². The van der Waals surface area contributed by atoms with Crippen LogP contribution < -0.4 is 0 Å². The Hall–Kier alpha value is -1.60. The average Bonchev–Trinajstić information content (AvgIpc) is 2.63. The van der Waals surface area contributed by atoms with Crippen LogP contribution in [-0.4, -0.2) is 9.55 Å². The summed E-state index contributed by atoms with van der Waals surface area (Å²) in [6.07, 6.45) is 1.07. The Kier molecular flexibility index (Phi) is 3.53. The topological polar surface area (TPSA) is 44.5 Å². The number of aromatic amines is 1. The molecule has 0 amide bonds. The summed E-state index contributed by atoms with van der Waals surface area (Å²) >= 11 is 5.39. The smallest absolute Gasteiger partial charge is 0.178 e. The molecule has 1 aromatic carbocycles. The van der Waals surface area contributed by atoms with Gasteiger partial charge in [0.05, 0.1) is 16.6 Å². The summed E-state index contributed by atoms with van der Waals surface area (Å²) in [7, 11) is 0. The lowest BCUT2D eigenvalue weighted by atomic mass is 10.0. The van der Waals surface area contributed by atoms with E-state index in [1.54, 1.807) is 0 Å². The third-order valence-electron chi connectivity index (χ3n) is 3.13. The number of hydrogen-bond donors (Lipinski definition) is 1. The van der Waals surface area contributed by atoms with Gasteiger partial charge in [-0.15, -0.1) is 0 Å². The quantitative estimate of drug-likeness (QED) is 0.840. The molecule has 3 nitrogen and oxygen atoms in total. The van der Waals surface area contributed by atoms with Crippen molar-refractivity contribution in [1.29, 1.82) is 5.26 Å². The van der Waals surface area contributed by atoms with Crippen molar-refractivity contribution in [2.45, 2.75) is 33.2 Å². The first kappa shape index (κ1) is 12.8. The number of imidazole rings is 1. The lowest BCUT2D eigenvalue weighted by Crippen LogP contribution is -2.08. The molecule has 1 unspecified atom stereocenters. The second kappa shape index (κ2) is 4.95. The first-order valence-electron chi connectivity index (χ1n) is 6.18. The number of para-hydroxylation sites is 1. The predicted octanol–water partition coefficient (Wildman–Crippen LogP) is 4.18. The molecule has 0 radical (unpaired) electrons. The fourth-order valence-electron chi connectivity index (χ4n) is 2.47. The van der Waals surface area contributed by atoms with Gasteiger partial charge in [-0.25, -0.2) is 0 Å². The van der Waals surface area contributed by atoms with Crippen LogP contribution in [0.5, 0.6) is 0 Å². The van der Waals surface area contributed by atoms with Crippen LogP contribution in [0, 0.1) is 22.0 Å². The van der Waals surface area contributed by atoms with Gasteiger partial charge in [0, 0.05) is 6.04 Å². The summed E-state index contributed by atoms with van der Waals surface area (Å²) in [5, 5.41) is 9.11. The summed E-state index contributed by atoms with van der Waals surface area (Å²) in [4.78, 5) is 3.16. The van der Waals surface area contributed by atoms with Crippen LogP contribution in [-0.2, 0) is 0 Å². The molecule has 0 saturated carbocycles. The molecule has 1 N–H and O–H groups in total. The van der Waals surface area contributed by atoms with Gasteiger partial charge >= 0.3 is 0 Å². The third-order valence-corrected chi connectivity index (χ3v) is 3.43. The molecule has 2 aromatic rings. The Morgan fingerprint density at radius 2 is 2.11 bits per heavy atom. The maximum atomic E-state index is 9.11. The molecule has 94 valence electrons. The number of aromatic nitrogens is 2. The molecule has 0 spiro atoms. The number of nitrogens with zero attached hydrogens (tertiary/aromatic N) is 2. The van der Waals surface area contributed by atoms with Crippen LogP contribution in [0.25, 0.3) is 11.0 Å². The summed E-state index contributed by atoms with van der Waals surface area (Å²) in [6, 6.07) is 8.26. The normalized spacial score (nSPS) is 12.8. The number of hydrogen-bond acceptors (Lipinski definition) is 2. The molecule has 0 aliphatic carbocycles. The van der Waals surface area contributed by atoms with E-state index in [1.165, 1.54) is 0 Å². The Balaban J connectivity index is 2.62. The lowest BCUT2D eigenvalue weighted by molar-refractivity contribution is 0.432. The zero-order valence-electron chi connectivity index (χ0n) is 10.9. The van der Waals surface area contributed by atoms with E-state index in [0.29, 0.717) is 22.3 Å². The standard InChI is InChI=1S/C14H17N3S/c1-9(2)7-10(3)17-12-6-4-5-11(8-15)13(12)16-14(17)18/h4-6,9-10H,7H2,1-3H3,(H,16,18). The van der Waals surface area contributed by atoms with Crippen molar-refractivity contribution in [3.63, 3.8) is 0 Å². The van der Waals surface area contributed by atoms with Crippen molar-refractivity contribution in [3.8, 4) is 6.07 Å². The van der Waals surface area contributed by atoms with E-state index in [-0.39, 0.29) is 0 Å². The molecule has 0 aliphatic heterocycles. The van der Waals surface area contributed by atoms with Crippen LogP contribution in [0.4, 0.5) is 0 Å². The first-order chi connectivity index (χ1) is 8.54. The molecule has 0 bridgehead atoms. The fraction of sp³-hybridized carbons (Fsp3) is 0.429. The Morgan fingerprint density at radius 1 is 1.39 bits per heavy atom. The highest BCUT2D eigenvalue weighted by Crippen LogP contribution is 2.25. The number of nitrogens with one attached hydrogen (secondary N) is 1. The Labute approximate surface area is 112 Å². The van der Waals surface area contributed by atoms with E-state index >= 15 is 0 Å². The minimum absolute atomic E-state index is 0.334.